The quantitative estimate of drug-likeness (QED) is 0.724. The minimum Gasteiger partial charge on any atom is -0.355 e. The van der Waals surface area contributed by atoms with Gasteiger partial charge in [-0.3, -0.25) is 9.89 Å². The van der Waals surface area contributed by atoms with Crippen molar-refractivity contribution in [2.75, 3.05) is 39.8 Å². The number of hydrogen-bond acceptors (Lipinski definition) is 4. The lowest BCUT2D eigenvalue weighted by molar-refractivity contribution is 0.231. The van der Waals surface area contributed by atoms with Crippen molar-refractivity contribution in [2.45, 2.75) is 26.8 Å². The van der Waals surface area contributed by atoms with E-state index in [9.17, 15) is 0 Å². The molecule has 15 heavy (non-hydrogen) atoms. The molecule has 88 valence electrons. The zero-order chi connectivity index (χ0) is 11.3. The molecule has 0 amide bonds. The van der Waals surface area contributed by atoms with Crippen LogP contribution < -0.4 is 5.32 Å². The van der Waals surface area contributed by atoms with Gasteiger partial charge < -0.3 is 10.2 Å². The number of nitrogens with one attached hydrogen (secondary N) is 1. The fourth-order valence-corrected chi connectivity index (χ4v) is 1.94. The first-order valence-corrected chi connectivity index (χ1v) is 5.92. The second-order valence-electron chi connectivity index (χ2n) is 4.08. The van der Waals surface area contributed by atoms with Crippen LogP contribution in [0.1, 0.15) is 20.8 Å². The minimum absolute atomic E-state index is 0.566. The summed E-state index contributed by atoms with van der Waals surface area (Å²) in [6.07, 6.45) is 0. The Morgan fingerprint density at radius 2 is 2.13 bits per heavy atom. The molecular weight excluding hydrogens is 188 g/mol. The van der Waals surface area contributed by atoms with Crippen LogP contribution in [0.3, 0.4) is 0 Å². The highest BCUT2D eigenvalue weighted by Gasteiger charge is 2.14. The maximum Gasteiger partial charge on any atom is 0.193 e. The minimum atomic E-state index is 0.566. The Hall–Kier alpha value is -0.770. The molecular formula is C11H24N4. The summed E-state index contributed by atoms with van der Waals surface area (Å²) in [6, 6.07) is 0.566. The Labute approximate surface area is 93.3 Å². The number of aliphatic imine (C=N–C) groups is 1. The molecule has 0 radical (unpaired) electrons. The molecule has 1 heterocycles. The van der Waals surface area contributed by atoms with E-state index in [1.54, 1.807) is 0 Å². The van der Waals surface area contributed by atoms with Crippen molar-refractivity contribution in [3.05, 3.63) is 0 Å². The van der Waals surface area contributed by atoms with Crippen molar-refractivity contribution in [1.29, 1.82) is 0 Å². The first-order chi connectivity index (χ1) is 7.19. The van der Waals surface area contributed by atoms with Crippen LogP contribution in [-0.4, -0.2) is 61.6 Å². The standard InChI is InChI=1S/C11H24N4/c1-5-15(6-2)10(3)9-13-11-12-7-8-14(11)4/h10H,5-9H2,1-4H3,(H,12,13). The monoisotopic (exact) mass is 212 g/mol. The van der Waals surface area contributed by atoms with E-state index in [1.807, 2.05) is 0 Å². The van der Waals surface area contributed by atoms with Gasteiger partial charge in [-0.25, -0.2) is 0 Å². The Morgan fingerprint density at radius 1 is 1.47 bits per heavy atom. The van der Waals surface area contributed by atoms with Crippen LogP contribution >= 0.6 is 0 Å². The van der Waals surface area contributed by atoms with Crippen molar-refractivity contribution in [1.82, 2.24) is 15.1 Å². The Balaban J connectivity index is 2.29. The van der Waals surface area contributed by atoms with Crippen LogP contribution in [0.5, 0.6) is 0 Å². The van der Waals surface area contributed by atoms with Crippen LogP contribution in [0.4, 0.5) is 0 Å². The predicted molar refractivity (Wildman–Crippen MR) is 65.3 cm³/mol. The summed E-state index contributed by atoms with van der Waals surface area (Å²) in [4.78, 5) is 9.04. The first kappa shape index (κ1) is 12.3. The van der Waals surface area contributed by atoms with Crippen LogP contribution in [0.2, 0.25) is 0 Å². The van der Waals surface area contributed by atoms with Crippen LogP contribution in [-0.2, 0) is 0 Å². The summed E-state index contributed by atoms with van der Waals surface area (Å²) in [7, 11) is 2.08. The molecule has 1 unspecified atom stereocenters. The molecule has 1 N–H and O–H groups in total. The van der Waals surface area contributed by atoms with E-state index in [1.165, 1.54) is 0 Å². The molecule has 4 heteroatoms. The number of guanidine groups is 1. The van der Waals surface area contributed by atoms with Gasteiger partial charge >= 0.3 is 0 Å². The SMILES string of the molecule is CCN(CC)C(C)CNC1=NCCN1C. The number of hydrogen-bond donors (Lipinski definition) is 1. The third-order valence-electron chi connectivity index (χ3n) is 3.05. The van der Waals surface area contributed by atoms with Crippen molar-refractivity contribution >= 4 is 5.96 Å². The van der Waals surface area contributed by atoms with E-state index in [-0.39, 0.29) is 0 Å². The predicted octanol–water partition coefficient (Wildman–Crippen LogP) is 0.608. The average molecular weight is 212 g/mol. The van der Waals surface area contributed by atoms with Gasteiger partial charge in [-0.15, -0.1) is 0 Å². The third-order valence-corrected chi connectivity index (χ3v) is 3.05. The second kappa shape index (κ2) is 5.95. The van der Waals surface area contributed by atoms with Crippen molar-refractivity contribution in [2.24, 2.45) is 4.99 Å². The second-order valence-corrected chi connectivity index (χ2v) is 4.08. The van der Waals surface area contributed by atoms with Gasteiger partial charge in [0.05, 0.1) is 6.54 Å². The van der Waals surface area contributed by atoms with E-state index < -0.39 is 0 Å². The van der Waals surface area contributed by atoms with Gasteiger partial charge in [0.25, 0.3) is 0 Å². The molecule has 0 bridgehead atoms. The van der Waals surface area contributed by atoms with Crippen molar-refractivity contribution in [3.63, 3.8) is 0 Å². The topological polar surface area (TPSA) is 30.9 Å². The van der Waals surface area contributed by atoms with E-state index in [0.717, 1.165) is 38.7 Å². The Bertz CT molecular complexity index is 211. The van der Waals surface area contributed by atoms with Gasteiger partial charge in [-0.2, -0.15) is 0 Å². The van der Waals surface area contributed by atoms with Crippen molar-refractivity contribution in [3.8, 4) is 0 Å². The molecule has 0 fully saturated rings. The molecule has 0 aliphatic carbocycles. The van der Waals surface area contributed by atoms with E-state index in [0.29, 0.717) is 6.04 Å². The molecule has 0 aromatic carbocycles. The van der Waals surface area contributed by atoms with Gasteiger partial charge in [0.15, 0.2) is 5.96 Å². The number of rotatable bonds is 5. The fourth-order valence-electron chi connectivity index (χ4n) is 1.94. The lowest BCUT2D eigenvalue weighted by Gasteiger charge is -2.27. The lowest BCUT2D eigenvalue weighted by Crippen LogP contribution is -2.45. The maximum atomic E-state index is 4.41. The largest absolute Gasteiger partial charge is 0.355 e. The molecule has 0 aromatic heterocycles. The first-order valence-electron chi connectivity index (χ1n) is 5.92. The van der Waals surface area contributed by atoms with E-state index in [2.05, 4.69) is 47.9 Å². The Kier molecular flexibility index (Phi) is 4.88. The van der Waals surface area contributed by atoms with Gasteiger partial charge in [0, 0.05) is 26.2 Å². The number of likely N-dealkylation sites (N-methyl/N-ethyl adjacent to an activating group) is 2. The zero-order valence-electron chi connectivity index (χ0n) is 10.5. The van der Waals surface area contributed by atoms with E-state index in [4.69, 9.17) is 0 Å². The molecule has 1 aliphatic heterocycles. The summed E-state index contributed by atoms with van der Waals surface area (Å²) in [5, 5.41) is 3.41. The zero-order valence-corrected chi connectivity index (χ0v) is 10.5. The highest BCUT2D eigenvalue weighted by Crippen LogP contribution is 1.99. The third kappa shape index (κ3) is 3.38. The fraction of sp³-hybridized carbons (Fsp3) is 0.909. The van der Waals surface area contributed by atoms with Crippen LogP contribution in [0.15, 0.2) is 4.99 Å². The van der Waals surface area contributed by atoms with Gasteiger partial charge in [-0.1, -0.05) is 13.8 Å². The smallest absolute Gasteiger partial charge is 0.193 e. The average Bonchev–Trinajstić information content (AvgIpc) is 2.63. The molecule has 0 spiro atoms. The normalized spacial score (nSPS) is 18.2. The van der Waals surface area contributed by atoms with Gasteiger partial charge in [-0.05, 0) is 20.0 Å². The Morgan fingerprint density at radius 3 is 2.60 bits per heavy atom. The highest BCUT2D eigenvalue weighted by atomic mass is 15.3. The summed E-state index contributed by atoms with van der Waals surface area (Å²) < 4.78 is 0. The maximum absolute atomic E-state index is 4.41. The van der Waals surface area contributed by atoms with Crippen molar-refractivity contribution < 1.29 is 0 Å². The molecule has 4 nitrogen and oxygen atoms in total. The van der Waals surface area contributed by atoms with Crippen LogP contribution in [0.25, 0.3) is 0 Å². The van der Waals surface area contributed by atoms with Crippen LogP contribution in [0, 0.1) is 0 Å². The molecule has 1 aliphatic rings. The summed E-state index contributed by atoms with van der Waals surface area (Å²) >= 11 is 0. The molecule has 1 rings (SSSR count). The molecule has 1 atom stereocenters. The highest BCUT2D eigenvalue weighted by molar-refractivity contribution is 5.81. The van der Waals surface area contributed by atoms with Gasteiger partial charge in [0.1, 0.15) is 0 Å². The molecule has 0 saturated carbocycles. The lowest BCUT2D eigenvalue weighted by atomic mass is 10.3. The molecule has 0 aromatic rings. The number of nitrogens with zero attached hydrogens (tertiary/aromatic N) is 3. The molecule has 0 saturated heterocycles. The summed E-state index contributed by atoms with van der Waals surface area (Å²) in [5.41, 5.74) is 0. The summed E-state index contributed by atoms with van der Waals surface area (Å²) in [6.45, 7) is 11.8. The van der Waals surface area contributed by atoms with E-state index >= 15 is 0 Å². The summed E-state index contributed by atoms with van der Waals surface area (Å²) in [5.74, 6) is 1.05. The van der Waals surface area contributed by atoms with Gasteiger partial charge in [0.2, 0.25) is 0 Å².